The van der Waals surface area contributed by atoms with Crippen LogP contribution in [0.2, 0.25) is 0 Å². The fourth-order valence-electron chi connectivity index (χ4n) is 2.83. The molecule has 1 aromatic rings. The van der Waals surface area contributed by atoms with E-state index >= 15 is 0 Å². The minimum Gasteiger partial charge on any atom is -0.271 e. The molecule has 0 aromatic heterocycles. The average molecular weight is 363 g/mol. The van der Waals surface area contributed by atoms with Crippen molar-refractivity contribution in [2.24, 2.45) is 17.2 Å². The molecule has 5 heteroatoms. The van der Waals surface area contributed by atoms with Gasteiger partial charge in [0.1, 0.15) is 11.6 Å². The summed E-state index contributed by atoms with van der Waals surface area (Å²) in [4.78, 5) is 0. The minimum atomic E-state index is -0.543. The highest BCUT2D eigenvalue weighted by Gasteiger charge is 2.21. The summed E-state index contributed by atoms with van der Waals surface area (Å²) >= 11 is 3.09. The molecule has 120 valence electrons. The van der Waals surface area contributed by atoms with Gasteiger partial charge in [-0.3, -0.25) is 11.3 Å². The third kappa shape index (κ3) is 6.01. The van der Waals surface area contributed by atoms with Gasteiger partial charge in [-0.15, -0.1) is 0 Å². The molecule has 1 rings (SSSR count). The molecule has 0 saturated carbocycles. The van der Waals surface area contributed by atoms with Crippen LogP contribution in [0.5, 0.6) is 0 Å². The van der Waals surface area contributed by atoms with Gasteiger partial charge < -0.3 is 0 Å². The van der Waals surface area contributed by atoms with Gasteiger partial charge in [-0.2, -0.15) is 0 Å². The van der Waals surface area contributed by atoms with Crippen molar-refractivity contribution in [2.45, 2.75) is 53.0 Å². The molecule has 0 spiro atoms. The molecule has 2 unspecified atom stereocenters. The Morgan fingerprint density at radius 3 is 2.43 bits per heavy atom. The first-order chi connectivity index (χ1) is 9.64. The molecule has 3 N–H and O–H groups in total. The maximum Gasteiger partial charge on any atom is 0.143 e. The summed E-state index contributed by atoms with van der Waals surface area (Å²) in [5, 5.41) is 0. The van der Waals surface area contributed by atoms with E-state index in [0.29, 0.717) is 5.92 Å². The number of nitrogens with one attached hydrogen (secondary N) is 1. The lowest BCUT2D eigenvalue weighted by Gasteiger charge is -2.26. The van der Waals surface area contributed by atoms with E-state index in [1.165, 1.54) is 12.1 Å². The smallest absolute Gasteiger partial charge is 0.143 e. The number of benzene rings is 1. The number of hydrogen-bond acceptors (Lipinski definition) is 2. The molecule has 2 nitrogen and oxygen atoms in total. The second-order valence-corrected chi connectivity index (χ2v) is 7.85. The van der Waals surface area contributed by atoms with E-state index in [4.69, 9.17) is 5.84 Å². The van der Waals surface area contributed by atoms with E-state index in [1.54, 1.807) is 0 Å². The molecule has 0 bridgehead atoms. The lowest BCUT2D eigenvalue weighted by Crippen LogP contribution is -2.38. The molecular formula is C16H25BrF2N2. The second-order valence-electron chi connectivity index (χ2n) is 7.00. The van der Waals surface area contributed by atoms with Gasteiger partial charge in [0.15, 0.2) is 0 Å². The van der Waals surface area contributed by atoms with E-state index in [9.17, 15) is 8.78 Å². The van der Waals surface area contributed by atoms with Gasteiger partial charge in [0.25, 0.3) is 0 Å². The van der Waals surface area contributed by atoms with Crippen molar-refractivity contribution < 1.29 is 8.78 Å². The van der Waals surface area contributed by atoms with Crippen molar-refractivity contribution in [1.29, 1.82) is 0 Å². The zero-order valence-corrected chi connectivity index (χ0v) is 14.7. The van der Waals surface area contributed by atoms with Crippen molar-refractivity contribution in [3.05, 3.63) is 33.8 Å². The van der Waals surface area contributed by atoms with Crippen LogP contribution in [0.25, 0.3) is 0 Å². The topological polar surface area (TPSA) is 38.0 Å². The van der Waals surface area contributed by atoms with Gasteiger partial charge in [-0.25, -0.2) is 8.78 Å². The minimum absolute atomic E-state index is 0.0790. The number of hydrogen-bond donors (Lipinski definition) is 2. The number of rotatable bonds is 6. The Labute approximate surface area is 134 Å². The highest BCUT2D eigenvalue weighted by atomic mass is 79.9. The first-order valence-electron chi connectivity index (χ1n) is 7.22. The molecule has 0 aliphatic heterocycles. The Morgan fingerprint density at radius 1 is 1.29 bits per heavy atom. The Kier molecular flexibility index (Phi) is 6.75. The van der Waals surface area contributed by atoms with Gasteiger partial charge in [0, 0.05) is 11.6 Å². The third-order valence-corrected chi connectivity index (χ3v) is 4.09. The molecule has 1 aromatic carbocycles. The average Bonchev–Trinajstić information content (AvgIpc) is 2.35. The van der Waals surface area contributed by atoms with Gasteiger partial charge in [0.2, 0.25) is 0 Å². The number of halogens is 3. The number of hydrazine groups is 1. The quantitative estimate of drug-likeness (QED) is 0.442. The molecule has 0 amide bonds. The van der Waals surface area contributed by atoms with Crippen molar-refractivity contribution >= 4 is 15.9 Å². The Balaban J connectivity index is 2.77. The van der Waals surface area contributed by atoms with E-state index in [-0.39, 0.29) is 27.9 Å². The van der Waals surface area contributed by atoms with Crippen molar-refractivity contribution in [1.82, 2.24) is 5.43 Å². The molecular weight excluding hydrogens is 338 g/mol. The monoisotopic (exact) mass is 362 g/mol. The predicted octanol–water partition coefficient (Wildman–Crippen LogP) is 4.56. The van der Waals surface area contributed by atoms with E-state index in [0.717, 1.165) is 12.8 Å². The predicted molar refractivity (Wildman–Crippen MR) is 86.7 cm³/mol. The molecule has 21 heavy (non-hydrogen) atoms. The molecule has 0 saturated heterocycles. The van der Waals surface area contributed by atoms with Crippen LogP contribution < -0.4 is 11.3 Å². The van der Waals surface area contributed by atoms with Crippen molar-refractivity contribution in [2.75, 3.05) is 0 Å². The first kappa shape index (κ1) is 18.5. The van der Waals surface area contributed by atoms with Gasteiger partial charge in [0.05, 0.1) is 4.47 Å². The van der Waals surface area contributed by atoms with Crippen LogP contribution in [0.1, 0.15) is 46.1 Å². The first-order valence-corrected chi connectivity index (χ1v) is 8.02. The molecule has 0 fully saturated rings. The van der Waals surface area contributed by atoms with Crippen LogP contribution in [0.15, 0.2) is 16.6 Å². The summed E-state index contributed by atoms with van der Waals surface area (Å²) in [6, 6.07) is 2.50. The van der Waals surface area contributed by atoms with Gasteiger partial charge >= 0.3 is 0 Å². The van der Waals surface area contributed by atoms with Crippen LogP contribution in [-0.4, -0.2) is 6.04 Å². The zero-order valence-electron chi connectivity index (χ0n) is 13.1. The largest absolute Gasteiger partial charge is 0.271 e. The van der Waals surface area contributed by atoms with Crippen LogP contribution >= 0.6 is 15.9 Å². The van der Waals surface area contributed by atoms with Crippen LogP contribution in [-0.2, 0) is 6.42 Å². The maximum atomic E-state index is 14.0. The van der Waals surface area contributed by atoms with Gasteiger partial charge in [-0.05, 0) is 58.7 Å². The number of nitrogens with two attached hydrogens (primary N) is 1. The highest BCUT2D eigenvalue weighted by molar-refractivity contribution is 9.10. The molecule has 0 radical (unpaired) electrons. The lowest BCUT2D eigenvalue weighted by molar-refractivity contribution is 0.273. The Bertz CT molecular complexity index is 472. The van der Waals surface area contributed by atoms with Crippen LogP contribution in [0, 0.1) is 23.0 Å². The molecule has 2 atom stereocenters. The second kappa shape index (κ2) is 7.65. The van der Waals surface area contributed by atoms with Crippen LogP contribution in [0.3, 0.4) is 0 Å². The standard InChI is InChI=1S/C16H25BrF2N2/c1-10(9-16(2,3)4)7-11(21-20)8-12-14(18)6-5-13(17)15(12)19/h5-6,10-11,21H,7-9,20H2,1-4H3. The molecule has 0 aliphatic rings. The van der Waals surface area contributed by atoms with Crippen molar-refractivity contribution in [3.63, 3.8) is 0 Å². The van der Waals surface area contributed by atoms with Crippen molar-refractivity contribution in [3.8, 4) is 0 Å². The summed E-state index contributed by atoms with van der Waals surface area (Å²) in [5.41, 5.74) is 3.00. The van der Waals surface area contributed by atoms with E-state index in [1.807, 2.05) is 0 Å². The van der Waals surface area contributed by atoms with E-state index in [2.05, 4.69) is 49.1 Å². The maximum absolute atomic E-state index is 14.0. The fraction of sp³-hybridized carbons (Fsp3) is 0.625. The zero-order chi connectivity index (χ0) is 16.2. The summed E-state index contributed by atoms with van der Waals surface area (Å²) < 4.78 is 28.1. The Morgan fingerprint density at radius 2 is 1.90 bits per heavy atom. The summed E-state index contributed by atoms with van der Waals surface area (Å²) in [5.74, 6) is 4.91. The highest BCUT2D eigenvalue weighted by Crippen LogP contribution is 2.28. The third-order valence-electron chi connectivity index (χ3n) is 3.47. The van der Waals surface area contributed by atoms with E-state index < -0.39 is 11.6 Å². The SMILES string of the molecule is CC(CC(Cc1c(F)ccc(Br)c1F)NN)CC(C)(C)C. The molecule has 0 heterocycles. The summed E-state index contributed by atoms with van der Waals surface area (Å²) in [7, 11) is 0. The fourth-order valence-corrected chi connectivity index (χ4v) is 3.20. The summed E-state index contributed by atoms with van der Waals surface area (Å²) in [6.45, 7) is 8.69. The van der Waals surface area contributed by atoms with Gasteiger partial charge in [-0.1, -0.05) is 27.7 Å². The normalized spacial score (nSPS) is 15.0. The van der Waals surface area contributed by atoms with Crippen LogP contribution in [0.4, 0.5) is 8.78 Å². The summed E-state index contributed by atoms with van der Waals surface area (Å²) in [6.07, 6.45) is 2.05. The molecule has 0 aliphatic carbocycles. The lowest BCUT2D eigenvalue weighted by atomic mass is 9.82. The Hall–Kier alpha value is -0.520.